The van der Waals surface area contributed by atoms with Crippen molar-refractivity contribution < 1.29 is 33.7 Å². The minimum atomic E-state index is -1.38. The number of Topliss-reactive ketones (excluding diaryl/α,β-unsaturated/α-hetero) is 1. The number of anilines is 1. The van der Waals surface area contributed by atoms with E-state index in [1.807, 2.05) is 0 Å². The molecule has 1 aliphatic heterocycles. The SMILES string of the molecule is CC(=O)C1=C(O)C(=O)N(c2ccc(OCC(=O)[O-])cc2)[C@H]1c1ccc(F)cc1. The molecule has 2 aromatic rings. The Balaban J connectivity index is 2.00. The van der Waals surface area contributed by atoms with Gasteiger partial charge < -0.3 is 19.7 Å². The molecule has 2 aromatic carbocycles. The highest BCUT2D eigenvalue weighted by Gasteiger charge is 2.43. The molecule has 7 nitrogen and oxygen atoms in total. The number of amides is 1. The summed E-state index contributed by atoms with van der Waals surface area (Å²) < 4.78 is 18.3. The predicted octanol–water partition coefficient (Wildman–Crippen LogP) is 1.44. The fraction of sp³-hybridized carbons (Fsp3) is 0.150. The first-order valence-electron chi connectivity index (χ1n) is 8.25. The topological polar surface area (TPSA) is 107 Å². The van der Waals surface area contributed by atoms with Crippen LogP contribution in [0.15, 0.2) is 59.9 Å². The van der Waals surface area contributed by atoms with E-state index in [-0.39, 0.29) is 11.3 Å². The van der Waals surface area contributed by atoms with Crippen LogP contribution in [0.1, 0.15) is 18.5 Å². The van der Waals surface area contributed by atoms with E-state index in [0.717, 1.165) is 0 Å². The van der Waals surface area contributed by atoms with E-state index in [2.05, 4.69) is 0 Å². The monoisotopic (exact) mass is 384 g/mol. The quantitative estimate of drug-likeness (QED) is 0.808. The molecule has 0 radical (unpaired) electrons. The molecule has 1 N–H and O–H groups in total. The first-order chi connectivity index (χ1) is 13.3. The van der Waals surface area contributed by atoms with Gasteiger partial charge in [-0.05, 0) is 48.9 Å². The van der Waals surface area contributed by atoms with Gasteiger partial charge in [0.2, 0.25) is 0 Å². The number of aliphatic hydroxyl groups excluding tert-OH is 1. The molecule has 8 heteroatoms. The second-order valence-corrected chi connectivity index (χ2v) is 6.10. The van der Waals surface area contributed by atoms with Crippen LogP contribution in [0.4, 0.5) is 10.1 Å². The van der Waals surface area contributed by atoms with Crippen LogP contribution >= 0.6 is 0 Å². The van der Waals surface area contributed by atoms with Gasteiger partial charge in [-0.25, -0.2) is 4.39 Å². The number of hydrogen-bond donors (Lipinski definition) is 1. The van der Waals surface area contributed by atoms with Crippen LogP contribution in [0.3, 0.4) is 0 Å². The van der Waals surface area contributed by atoms with E-state index in [0.29, 0.717) is 11.3 Å². The van der Waals surface area contributed by atoms with Gasteiger partial charge in [0.25, 0.3) is 5.91 Å². The number of carbonyl (C=O) groups excluding carboxylic acids is 3. The maximum Gasteiger partial charge on any atom is 0.294 e. The Morgan fingerprint density at radius 3 is 2.29 bits per heavy atom. The predicted molar refractivity (Wildman–Crippen MR) is 93.9 cm³/mol. The van der Waals surface area contributed by atoms with E-state index in [4.69, 9.17) is 4.74 Å². The Morgan fingerprint density at radius 2 is 1.75 bits per heavy atom. The van der Waals surface area contributed by atoms with Crippen LogP contribution in [0, 0.1) is 5.82 Å². The number of ketones is 1. The summed E-state index contributed by atoms with van der Waals surface area (Å²) in [7, 11) is 0. The number of aliphatic carboxylic acids is 1. The van der Waals surface area contributed by atoms with Gasteiger partial charge in [-0.2, -0.15) is 0 Å². The normalized spacial score (nSPS) is 16.4. The van der Waals surface area contributed by atoms with Gasteiger partial charge in [0.15, 0.2) is 11.5 Å². The van der Waals surface area contributed by atoms with Crippen LogP contribution in [-0.4, -0.2) is 29.4 Å². The number of ether oxygens (including phenoxy) is 1. The maximum atomic E-state index is 13.3. The lowest BCUT2D eigenvalue weighted by Gasteiger charge is -2.26. The number of aliphatic hydroxyl groups is 1. The van der Waals surface area contributed by atoms with Gasteiger partial charge in [0.1, 0.15) is 18.2 Å². The van der Waals surface area contributed by atoms with Crippen LogP contribution in [0.2, 0.25) is 0 Å². The van der Waals surface area contributed by atoms with Crippen molar-refractivity contribution in [1.29, 1.82) is 0 Å². The maximum absolute atomic E-state index is 13.3. The molecule has 144 valence electrons. The fourth-order valence-electron chi connectivity index (χ4n) is 3.04. The number of carbonyl (C=O) groups is 3. The molecule has 28 heavy (non-hydrogen) atoms. The van der Waals surface area contributed by atoms with Crippen molar-refractivity contribution in [1.82, 2.24) is 0 Å². The minimum absolute atomic E-state index is 0.0890. The van der Waals surface area contributed by atoms with Crippen LogP contribution in [-0.2, 0) is 14.4 Å². The third kappa shape index (κ3) is 3.57. The minimum Gasteiger partial charge on any atom is -0.546 e. The van der Waals surface area contributed by atoms with E-state index < -0.39 is 41.9 Å². The summed E-state index contributed by atoms with van der Waals surface area (Å²) in [5, 5.41) is 20.7. The first kappa shape index (κ1) is 19.1. The number of halogens is 1. The molecule has 0 saturated carbocycles. The molecule has 0 saturated heterocycles. The Kier molecular flexibility index (Phi) is 5.12. The molecule has 1 aliphatic rings. The number of nitrogens with zero attached hydrogens (tertiary/aromatic N) is 1. The van der Waals surface area contributed by atoms with Crippen LogP contribution < -0.4 is 14.7 Å². The van der Waals surface area contributed by atoms with Crippen molar-refractivity contribution in [2.75, 3.05) is 11.5 Å². The number of carboxylic acids is 1. The molecule has 0 bridgehead atoms. The molecule has 1 atom stereocenters. The second kappa shape index (κ2) is 7.51. The van der Waals surface area contributed by atoms with Crippen molar-refractivity contribution >= 4 is 23.3 Å². The standard InChI is InChI=1S/C20H16FNO6/c1-11(23)17-18(12-2-4-13(21)5-3-12)22(20(27)19(17)26)14-6-8-15(9-7-14)28-10-16(24)25/h2-9,18,26H,10H2,1H3,(H,24,25)/p-1/t18-/m0/s1. The molecular formula is C20H15FNO6-. The third-order valence-corrected chi connectivity index (χ3v) is 4.24. The highest BCUT2D eigenvalue weighted by atomic mass is 19.1. The molecule has 0 fully saturated rings. The van der Waals surface area contributed by atoms with E-state index in [9.17, 15) is 29.0 Å². The Morgan fingerprint density at radius 1 is 1.14 bits per heavy atom. The lowest BCUT2D eigenvalue weighted by atomic mass is 9.96. The van der Waals surface area contributed by atoms with Gasteiger partial charge in [-0.15, -0.1) is 0 Å². The summed E-state index contributed by atoms with van der Waals surface area (Å²) in [6, 6.07) is 10.2. The summed E-state index contributed by atoms with van der Waals surface area (Å²) in [4.78, 5) is 36.4. The number of carboxylic acid groups (broad SMARTS) is 1. The molecule has 1 amide bonds. The zero-order chi connectivity index (χ0) is 20.4. The smallest absolute Gasteiger partial charge is 0.294 e. The molecule has 0 unspecified atom stereocenters. The van der Waals surface area contributed by atoms with Crippen molar-refractivity contribution in [2.24, 2.45) is 0 Å². The van der Waals surface area contributed by atoms with Crippen molar-refractivity contribution in [2.45, 2.75) is 13.0 Å². The largest absolute Gasteiger partial charge is 0.546 e. The van der Waals surface area contributed by atoms with E-state index in [1.54, 1.807) is 0 Å². The zero-order valence-electron chi connectivity index (χ0n) is 14.7. The molecule has 0 aliphatic carbocycles. The van der Waals surface area contributed by atoms with Gasteiger partial charge in [0.05, 0.1) is 17.6 Å². The van der Waals surface area contributed by atoms with E-state index in [1.165, 1.54) is 60.4 Å². The van der Waals surface area contributed by atoms with Crippen molar-refractivity contribution in [3.63, 3.8) is 0 Å². The van der Waals surface area contributed by atoms with E-state index >= 15 is 0 Å². The Labute approximate surface area is 159 Å². The summed E-state index contributed by atoms with van der Waals surface area (Å²) >= 11 is 0. The fourth-order valence-corrected chi connectivity index (χ4v) is 3.04. The lowest BCUT2D eigenvalue weighted by Crippen LogP contribution is -2.31. The molecule has 3 rings (SSSR count). The van der Waals surface area contributed by atoms with Crippen molar-refractivity contribution in [3.05, 3.63) is 71.2 Å². The zero-order valence-corrected chi connectivity index (χ0v) is 14.7. The Bertz CT molecular complexity index is 965. The summed E-state index contributed by atoms with van der Waals surface area (Å²) in [5.74, 6) is -3.55. The van der Waals surface area contributed by atoms with Gasteiger partial charge >= 0.3 is 0 Å². The highest BCUT2D eigenvalue weighted by molar-refractivity contribution is 6.16. The molecule has 1 heterocycles. The molecule has 0 aromatic heterocycles. The number of benzene rings is 2. The summed E-state index contributed by atoms with van der Waals surface area (Å²) in [5.41, 5.74) is 0.693. The highest BCUT2D eigenvalue weighted by Crippen LogP contribution is 2.41. The van der Waals surface area contributed by atoms with Crippen molar-refractivity contribution in [3.8, 4) is 5.75 Å². The number of rotatable bonds is 6. The summed E-state index contributed by atoms with van der Waals surface area (Å²) in [6.07, 6.45) is 0. The molecular weight excluding hydrogens is 369 g/mol. The van der Waals surface area contributed by atoms with Crippen LogP contribution in [0.25, 0.3) is 0 Å². The lowest BCUT2D eigenvalue weighted by molar-refractivity contribution is -0.307. The summed E-state index contributed by atoms with van der Waals surface area (Å²) in [6.45, 7) is 0.604. The van der Waals surface area contributed by atoms with Gasteiger partial charge in [-0.1, -0.05) is 12.1 Å². The third-order valence-electron chi connectivity index (χ3n) is 4.24. The second-order valence-electron chi connectivity index (χ2n) is 6.10. The first-order valence-corrected chi connectivity index (χ1v) is 8.25. The Hall–Kier alpha value is -3.68. The molecule has 0 spiro atoms. The van der Waals surface area contributed by atoms with Gasteiger partial charge in [0, 0.05) is 5.69 Å². The van der Waals surface area contributed by atoms with Gasteiger partial charge in [-0.3, -0.25) is 14.5 Å². The number of hydrogen-bond acceptors (Lipinski definition) is 6. The average molecular weight is 384 g/mol. The van der Waals surface area contributed by atoms with Crippen LogP contribution in [0.5, 0.6) is 5.75 Å². The average Bonchev–Trinajstić information content (AvgIpc) is 2.92.